The van der Waals surface area contributed by atoms with Crippen molar-refractivity contribution in [3.8, 4) is 22.8 Å². The van der Waals surface area contributed by atoms with E-state index in [-0.39, 0.29) is 6.61 Å². The average Bonchev–Trinajstić information content (AvgIpc) is 3.12. The third-order valence-electron chi connectivity index (χ3n) is 4.20. The Morgan fingerprint density at radius 3 is 2.41 bits per heavy atom. The second-order valence-electron chi connectivity index (χ2n) is 6.49. The van der Waals surface area contributed by atoms with Gasteiger partial charge in [0.1, 0.15) is 0 Å². The summed E-state index contributed by atoms with van der Waals surface area (Å²) in [5.41, 5.74) is 4.12. The highest BCUT2D eigenvalue weighted by molar-refractivity contribution is 5.71. The lowest BCUT2D eigenvalue weighted by molar-refractivity contribution is -0.145. The fourth-order valence-electron chi connectivity index (χ4n) is 2.78. The van der Waals surface area contributed by atoms with Crippen molar-refractivity contribution in [1.29, 1.82) is 0 Å². The van der Waals surface area contributed by atoms with Crippen molar-refractivity contribution >= 4 is 5.97 Å². The molecule has 3 aromatic rings. The molecule has 1 aromatic heterocycles. The first-order chi connectivity index (χ1) is 13.1. The number of aromatic nitrogens is 2. The Labute approximate surface area is 159 Å². The van der Waals surface area contributed by atoms with Crippen LogP contribution in [-0.4, -0.2) is 29.0 Å². The number of benzene rings is 2. The van der Waals surface area contributed by atoms with E-state index in [1.807, 2.05) is 53.2 Å². The van der Waals surface area contributed by atoms with Gasteiger partial charge in [-0.2, -0.15) is 0 Å². The van der Waals surface area contributed by atoms with Crippen LogP contribution in [0.3, 0.4) is 0 Å². The molecule has 0 amide bonds. The normalized spacial score (nSPS) is 10.8. The van der Waals surface area contributed by atoms with E-state index in [1.54, 1.807) is 6.92 Å². The van der Waals surface area contributed by atoms with Gasteiger partial charge in [-0.05, 0) is 30.5 Å². The third-order valence-corrected chi connectivity index (χ3v) is 4.20. The minimum Gasteiger partial charge on any atom is -0.465 e. The average molecular weight is 364 g/mol. The molecule has 0 radical (unpaired) electrons. The predicted molar refractivity (Wildman–Crippen MR) is 105 cm³/mol. The Hall–Kier alpha value is -3.08. The maximum atomic E-state index is 11.6. The van der Waals surface area contributed by atoms with Crippen LogP contribution in [0.15, 0.2) is 60.7 Å². The van der Waals surface area contributed by atoms with Gasteiger partial charge in [0.05, 0.1) is 18.0 Å². The standard InChI is InChI=1S/C22H24N2O3/c1-4-26-22(25)15-27-21-14-20(18-8-6-5-7-9-18)24(23-21)19-12-10-17(11-13-19)16(2)3/h5-14,16H,4,15H2,1-3H3. The molecule has 0 fully saturated rings. The highest BCUT2D eigenvalue weighted by Gasteiger charge is 2.14. The summed E-state index contributed by atoms with van der Waals surface area (Å²) >= 11 is 0. The molecule has 3 rings (SSSR count). The lowest BCUT2D eigenvalue weighted by Crippen LogP contribution is -2.14. The monoisotopic (exact) mass is 364 g/mol. The second-order valence-corrected chi connectivity index (χ2v) is 6.49. The Morgan fingerprint density at radius 1 is 1.07 bits per heavy atom. The van der Waals surface area contributed by atoms with Crippen LogP contribution in [0.5, 0.6) is 5.88 Å². The maximum absolute atomic E-state index is 11.6. The molecular weight excluding hydrogens is 340 g/mol. The summed E-state index contributed by atoms with van der Waals surface area (Å²) in [4.78, 5) is 11.6. The van der Waals surface area contributed by atoms with Crippen molar-refractivity contribution in [2.75, 3.05) is 13.2 Å². The quantitative estimate of drug-likeness (QED) is 0.575. The van der Waals surface area contributed by atoms with Crippen LogP contribution in [0.4, 0.5) is 0 Å². The molecule has 0 aliphatic heterocycles. The molecule has 0 unspecified atom stereocenters. The van der Waals surface area contributed by atoms with E-state index in [9.17, 15) is 4.79 Å². The van der Waals surface area contributed by atoms with Gasteiger partial charge >= 0.3 is 5.97 Å². The van der Waals surface area contributed by atoms with Crippen LogP contribution in [0, 0.1) is 0 Å². The highest BCUT2D eigenvalue weighted by Crippen LogP contribution is 2.27. The van der Waals surface area contributed by atoms with Gasteiger partial charge in [0.2, 0.25) is 5.88 Å². The molecule has 2 aromatic carbocycles. The number of carbonyl (C=O) groups is 1. The Balaban J connectivity index is 1.94. The molecule has 0 spiro atoms. The summed E-state index contributed by atoms with van der Waals surface area (Å²) < 4.78 is 12.3. The largest absolute Gasteiger partial charge is 0.465 e. The second kappa shape index (κ2) is 8.54. The van der Waals surface area contributed by atoms with Crippen molar-refractivity contribution in [2.24, 2.45) is 0 Å². The van der Waals surface area contributed by atoms with Gasteiger partial charge in [0, 0.05) is 11.6 Å². The topological polar surface area (TPSA) is 53.4 Å². The van der Waals surface area contributed by atoms with Gasteiger partial charge in [0.25, 0.3) is 0 Å². The van der Waals surface area contributed by atoms with E-state index < -0.39 is 5.97 Å². The molecular formula is C22H24N2O3. The number of hydrogen-bond acceptors (Lipinski definition) is 4. The van der Waals surface area contributed by atoms with Crippen molar-refractivity contribution in [3.05, 3.63) is 66.2 Å². The Kier molecular flexibility index (Phi) is 5.91. The molecule has 1 heterocycles. The van der Waals surface area contributed by atoms with Crippen LogP contribution in [0.1, 0.15) is 32.3 Å². The molecule has 27 heavy (non-hydrogen) atoms. The fourth-order valence-corrected chi connectivity index (χ4v) is 2.78. The van der Waals surface area contributed by atoms with Gasteiger partial charge in [-0.3, -0.25) is 0 Å². The smallest absolute Gasteiger partial charge is 0.344 e. The maximum Gasteiger partial charge on any atom is 0.344 e. The molecule has 5 nitrogen and oxygen atoms in total. The Bertz CT molecular complexity index is 884. The van der Waals surface area contributed by atoms with Crippen LogP contribution in [0.2, 0.25) is 0 Å². The molecule has 0 aliphatic rings. The summed E-state index contributed by atoms with van der Waals surface area (Å²) in [6, 6.07) is 20.1. The first kappa shape index (κ1) is 18.7. The molecule has 0 atom stereocenters. The van der Waals surface area contributed by atoms with Crippen molar-refractivity contribution < 1.29 is 14.3 Å². The van der Waals surface area contributed by atoms with E-state index in [1.165, 1.54) is 5.56 Å². The Morgan fingerprint density at radius 2 is 1.78 bits per heavy atom. The molecule has 0 bridgehead atoms. The zero-order valence-electron chi connectivity index (χ0n) is 15.9. The summed E-state index contributed by atoms with van der Waals surface area (Å²) in [6.45, 7) is 6.26. The lowest BCUT2D eigenvalue weighted by atomic mass is 10.0. The van der Waals surface area contributed by atoms with Crippen LogP contribution in [0.25, 0.3) is 16.9 Å². The van der Waals surface area contributed by atoms with Gasteiger partial charge in [-0.25, -0.2) is 9.48 Å². The van der Waals surface area contributed by atoms with Gasteiger partial charge in [-0.1, -0.05) is 56.3 Å². The van der Waals surface area contributed by atoms with Crippen molar-refractivity contribution in [2.45, 2.75) is 26.7 Å². The van der Waals surface area contributed by atoms with Gasteiger partial charge in [0.15, 0.2) is 6.61 Å². The lowest BCUT2D eigenvalue weighted by Gasteiger charge is -2.10. The number of esters is 1. The van der Waals surface area contributed by atoms with Crippen molar-refractivity contribution in [1.82, 2.24) is 9.78 Å². The predicted octanol–water partition coefficient (Wildman–Crippen LogP) is 4.60. The van der Waals surface area contributed by atoms with Crippen LogP contribution >= 0.6 is 0 Å². The van der Waals surface area contributed by atoms with Gasteiger partial charge < -0.3 is 9.47 Å². The summed E-state index contributed by atoms with van der Waals surface area (Å²) in [5.74, 6) is 0.443. The summed E-state index contributed by atoms with van der Waals surface area (Å²) in [6.07, 6.45) is 0. The van der Waals surface area contributed by atoms with Gasteiger partial charge in [-0.15, -0.1) is 5.10 Å². The molecule has 0 saturated carbocycles. The fraction of sp³-hybridized carbons (Fsp3) is 0.273. The number of hydrogen-bond donors (Lipinski definition) is 0. The zero-order chi connectivity index (χ0) is 19.2. The molecule has 5 heteroatoms. The van der Waals surface area contributed by atoms with Crippen LogP contribution in [-0.2, 0) is 9.53 Å². The van der Waals surface area contributed by atoms with E-state index in [4.69, 9.17) is 9.47 Å². The molecule has 0 N–H and O–H groups in total. The molecule has 0 aliphatic carbocycles. The molecule has 0 saturated heterocycles. The third kappa shape index (κ3) is 4.56. The summed E-state index contributed by atoms with van der Waals surface area (Å²) in [7, 11) is 0. The van der Waals surface area contributed by atoms with E-state index in [0.29, 0.717) is 18.4 Å². The van der Waals surface area contributed by atoms with Crippen molar-refractivity contribution in [3.63, 3.8) is 0 Å². The molecule has 140 valence electrons. The number of carbonyl (C=O) groups excluding carboxylic acids is 1. The zero-order valence-corrected chi connectivity index (χ0v) is 15.9. The van der Waals surface area contributed by atoms with Crippen LogP contribution < -0.4 is 4.74 Å². The van der Waals surface area contributed by atoms with E-state index >= 15 is 0 Å². The number of ether oxygens (including phenoxy) is 2. The number of rotatable bonds is 7. The number of nitrogens with zero attached hydrogens (tertiary/aromatic N) is 2. The first-order valence-corrected chi connectivity index (χ1v) is 9.12. The minimum atomic E-state index is -0.408. The first-order valence-electron chi connectivity index (χ1n) is 9.12. The minimum absolute atomic E-state index is 0.161. The van der Waals surface area contributed by atoms with E-state index in [2.05, 4.69) is 31.1 Å². The highest BCUT2D eigenvalue weighted by atomic mass is 16.6. The van der Waals surface area contributed by atoms with E-state index in [0.717, 1.165) is 16.9 Å². The summed E-state index contributed by atoms with van der Waals surface area (Å²) in [5, 5.41) is 4.55. The SMILES string of the molecule is CCOC(=O)COc1cc(-c2ccccc2)n(-c2ccc(C(C)C)cc2)n1.